The van der Waals surface area contributed by atoms with Gasteiger partial charge in [-0.15, -0.1) is 0 Å². The molecule has 0 saturated heterocycles. The van der Waals surface area contributed by atoms with E-state index in [0.717, 1.165) is 5.56 Å². The van der Waals surface area contributed by atoms with Gasteiger partial charge in [-0.05, 0) is 42.0 Å². The van der Waals surface area contributed by atoms with Gasteiger partial charge < -0.3 is 10.5 Å². The summed E-state index contributed by atoms with van der Waals surface area (Å²) in [6.45, 7) is 0.217. The molecule has 3 N–H and O–H groups in total. The van der Waals surface area contributed by atoms with E-state index in [4.69, 9.17) is 10.5 Å². The van der Waals surface area contributed by atoms with E-state index in [0.29, 0.717) is 11.4 Å². The van der Waals surface area contributed by atoms with Crippen LogP contribution in [0.5, 0.6) is 5.75 Å². The second-order valence-corrected chi connectivity index (χ2v) is 6.01. The van der Waals surface area contributed by atoms with E-state index < -0.39 is 10.0 Å². The molecule has 0 bridgehead atoms. The van der Waals surface area contributed by atoms with Crippen LogP contribution in [0, 0.1) is 0 Å². The summed E-state index contributed by atoms with van der Waals surface area (Å²) in [6.07, 6.45) is 0. The summed E-state index contributed by atoms with van der Waals surface area (Å²) in [5, 5.41) is 0. The zero-order valence-electron chi connectivity index (χ0n) is 11.0. The van der Waals surface area contributed by atoms with Crippen molar-refractivity contribution in [1.82, 2.24) is 4.72 Å². The highest BCUT2D eigenvalue weighted by Gasteiger charge is 2.13. The first-order valence-corrected chi connectivity index (χ1v) is 7.48. The minimum atomic E-state index is -3.53. The number of methoxy groups -OCH3 is 1. The summed E-state index contributed by atoms with van der Waals surface area (Å²) in [4.78, 5) is 0.203. The van der Waals surface area contributed by atoms with Crippen molar-refractivity contribution in [2.24, 2.45) is 0 Å². The molecule has 20 heavy (non-hydrogen) atoms. The van der Waals surface area contributed by atoms with Crippen molar-refractivity contribution in [3.8, 4) is 5.75 Å². The van der Waals surface area contributed by atoms with Crippen molar-refractivity contribution in [3.05, 3.63) is 54.1 Å². The molecule has 5 nitrogen and oxygen atoms in total. The van der Waals surface area contributed by atoms with Gasteiger partial charge >= 0.3 is 0 Å². The van der Waals surface area contributed by atoms with E-state index in [9.17, 15) is 8.42 Å². The zero-order chi connectivity index (χ0) is 14.6. The van der Waals surface area contributed by atoms with Crippen molar-refractivity contribution >= 4 is 15.7 Å². The Hall–Kier alpha value is -2.05. The molecular formula is C14H16N2O3S. The SMILES string of the molecule is COc1ccc(S(=O)(=O)NCc2ccc(N)cc2)cc1. The quantitative estimate of drug-likeness (QED) is 0.823. The van der Waals surface area contributed by atoms with Gasteiger partial charge in [0, 0.05) is 12.2 Å². The van der Waals surface area contributed by atoms with E-state index >= 15 is 0 Å². The molecule has 0 aliphatic carbocycles. The average Bonchev–Trinajstić information content (AvgIpc) is 2.47. The number of hydrogen-bond acceptors (Lipinski definition) is 4. The van der Waals surface area contributed by atoms with E-state index in [-0.39, 0.29) is 11.4 Å². The molecule has 0 aliphatic heterocycles. The van der Waals surface area contributed by atoms with Gasteiger partial charge in [-0.2, -0.15) is 0 Å². The molecule has 0 aromatic heterocycles. The van der Waals surface area contributed by atoms with Gasteiger partial charge in [0.1, 0.15) is 5.75 Å². The van der Waals surface area contributed by atoms with Crippen LogP contribution in [-0.2, 0) is 16.6 Å². The number of nitrogens with two attached hydrogens (primary N) is 1. The van der Waals surface area contributed by atoms with E-state index in [2.05, 4.69) is 4.72 Å². The maximum absolute atomic E-state index is 12.1. The zero-order valence-corrected chi connectivity index (χ0v) is 11.9. The summed E-state index contributed by atoms with van der Waals surface area (Å²) >= 11 is 0. The monoisotopic (exact) mass is 292 g/mol. The molecule has 2 rings (SSSR count). The Kier molecular flexibility index (Phi) is 4.26. The number of hydrogen-bond donors (Lipinski definition) is 2. The van der Waals surface area contributed by atoms with Gasteiger partial charge in [-0.3, -0.25) is 0 Å². The topological polar surface area (TPSA) is 81.4 Å². The highest BCUT2D eigenvalue weighted by molar-refractivity contribution is 7.89. The summed E-state index contributed by atoms with van der Waals surface area (Å²) in [5.41, 5.74) is 7.07. The number of benzene rings is 2. The average molecular weight is 292 g/mol. The molecule has 0 amide bonds. The molecule has 0 radical (unpaired) electrons. The molecule has 106 valence electrons. The van der Waals surface area contributed by atoms with Crippen molar-refractivity contribution < 1.29 is 13.2 Å². The third-order valence-electron chi connectivity index (χ3n) is 2.82. The Labute approximate surface area is 118 Å². The van der Waals surface area contributed by atoms with Crippen LogP contribution in [0.2, 0.25) is 0 Å². The maximum atomic E-state index is 12.1. The fourth-order valence-electron chi connectivity index (χ4n) is 1.65. The molecule has 0 spiro atoms. The lowest BCUT2D eigenvalue weighted by molar-refractivity contribution is 0.414. The molecule has 6 heteroatoms. The van der Waals surface area contributed by atoms with Gasteiger partial charge in [0.25, 0.3) is 0 Å². The van der Waals surface area contributed by atoms with Crippen LogP contribution in [0.4, 0.5) is 5.69 Å². The van der Waals surface area contributed by atoms with Gasteiger partial charge in [0.15, 0.2) is 0 Å². The third kappa shape index (κ3) is 3.49. The molecule has 0 fully saturated rings. The minimum Gasteiger partial charge on any atom is -0.497 e. The van der Waals surface area contributed by atoms with Crippen LogP contribution in [-0.4, -0.2) is 15.5 Å². The Morgan fingerprint density at radius 2 is 1.65 bits per heavy atom. The van der Waals surface area contributed by atoms with Crippen LogP contribution in [0.15, 0.2) is 53.4 Å². The summed E-state index contributed by atoms with van der Waals surface area (Å²) in [7, 11) is -2.00. The standard InChI is InChI=1S/C14H16N2O3S/c1-19-13-6-8-14(9-7-13)20(17,18)16-10-11-2-4-12(15)5-3-11/h2-9,16H,10,15H2,1H3. The Balaban J connectivity index is 2.08. The number of sulfonamides is 1. The maximum Gasteiger partial charge on any atom is 0.240 e. The molecule has 0 heterocycles. The summed E-state index contributed by atoms with van der Waals surface area (Å²) in [5.74, 6) is 0.613. The number of rotatable bonds is 5. The lowest BCUT2D eigenvalue weighted by Crippen LogP contribution is -2.23. The molecular weight excluding hydrogens is 276 g/mol. The number of ether oxygens (including phenoxy) is 1. The Morgan fingerprint density at radius 1 is 1.05 bits per heavy atom. The van der Waals surface area contributed by atoms with E-state index in [1.54, 1.807) is 36.4 Å². The molecule has 2 aromatic carbocycles. The van der Waals surface area contributed by atoms with Crippen molar-refractivity contribution in [2.75, 3.05) is 12.8 Å². The van der Waals surface area contributed by atoms with Crippen LogP contribution < -0.4 is 15.2 Å². The molecule has 2 aromatic rings. The normalized spacial score (nSPS) is 11.2. The van der Waals surface area contributed by atoms with Crippen LogP contribution in [0.3, 0.4) is 0 Å². The van der Waals surface area contributed by atoms with Crippen LogP contribution in [0.1, 0.15) is 5.56 Å². The van der Waals surface area contributed by atoms with Gasteiger partial charge in [0.05, 0.1) is 12.0 Å². The van der Waals surface area contributed by atoms with E-state index in [1.807, 2.05) is 0 Å². The Bertz CT molecular complexity index is 665. The molecule has 0 unspecified atom stereocenters. The van der Waals surface area contributed by atoms with E-state index in [1.165, 1.54) is 19.2 Å². The first-order valence-electron chi connectivity index (χ1n) is 5.99. The van der Waals surface area contributed by atoms with Gasteiger partial charge in [0.2, 0.25) is 10.0 Å². The van der Waals surface area contributed by atoms with Crippen LogP contribution in [0.25, 0.3) is 0 Å². The molecule has 0 aliphatic rings. The smallest absolute Gasteiger partial charge is 0.240 e. The first kappa shape index (κ1) is 14.4. The lowest BCUT2D eigenvalue weighted by Gasteiger charge is -2.08. The van der Waals surface area contributed by atoms with Crippen molar-refractivity contribution in [3.63, 3.8) is 0 Å². The van der Waals surface area contributed by atoms with Crippen molar-refractivity contribution in [1.29, 1.82) is 0 Å². The molecule has 0 saturated carbocycles. The third-order valence-corrected chi connectivity index (χ3v) is 4.23. The second kappa shape index (κ2) is 5.94. The number of nitrogen functional groups attached to an aromatic ring is 1. The number of nitrogens with one attached hydrogen (secondary N) is 1. The molecule has 0 atom stereocenters. The minimum absolute atomic E-state index is 0.203. The highest BCUT2D eigenvalue weighted by Crippen LogP contribution is 2.15. The van der Waals surface area contributed by atoms with Gasteiger partial charge in [-0.1, -0.05) is 12.1 Å². The van der Waals surface area contributed by atoms with Crippen LogP contribution >= 0.6 is 0 Å². The summed E-state index contributed by atoms with van der Waals surface area (Å²) in [6, 6.07) is 13.3. The van der Waals surface area contributed by atoms with Gasteiger partial charge in [-0.25, -0.2) is 13.1 Å². The number of anilines is 1. The summed E-state index contributed by atoms with van der Waals surface area (Å²) < 4.78 is 31.7. The largest absolute Gasteiger partial charge is 0.497 e. The predicted molar refractivity (Wildman–Crippen MR) is 77.9 cm³/mol. The fourth-order valence-corrected chi connectivity index (χ4v) is 2.67. The first-order chi connectivity index (χ1) is 9.51. The predicted octanol–water partition coefficient (Wildman–Crippen LogP) is 1.76. The highest BCUT2D eigenvalue weighted by atomic mass is 32.2. The Morgan fingerprint density at radius 3 is 2.20 bits per heavy atom. The fraction of sp³-hybridized carbons (Fsp3) is 0.143. The van der Waals surface area contributed by atoms with Crippen molar-refractivity contribution in [2.45, 2.75) is 11.4 Å². The second-order valence-electron chi connectivity index (χ2n) is 4.24. The lowest BCUT2D eigenvalue weighted by atomic mass is 10.2.